The molecule has 0 fully saturated rings. The third-order valence-corrected chi connectivity index (χ3v) is 23.8. The van der Waals surface area contributed by atoms with Crippen molar-refractivity contribution in [3.63, 3.8) is 0 Å². The van der Waals surface area contributed by atoms with Crippen molar-refractivity contribution >= 4 is 101 Å². The number of aromatic nitrogens is 2. The minimum atomic E-state index is -1.90. The van der Waals surface area contributed by atoms with Crippen LogP contribution in [0.1, 0.15) is 259 Å². The second-order valence-corrected chi connectivity index (χ2v) is 46.4. The number of anilines is 6. The maximum atomic E-state index is 10.3. The molecule has 0 saturated heterocycles. The van der Waals surface area contributed by atoms with Crippen LogP contribution in [0.2, 0.25) is 0 Å². The summed E-state index contributed by atoms with van der Waals surface area (Å²) in [7, 11) is 0. The molecular formula is C122H139BN4. The predicted octanol–water partition coefficient (Wildman–Crippen LogP) is 32.6. The van der Waals surface area contributed by atoms with E-state index >= 15 is 0 Å². The molecule has 17 rings (SSSR count). The van der Waals surface area contributed by atoms with Gasteiger partial charge in [-0.2, -0.15) is 0 Å². The number of hydrogen-bond donors (Lipinski definition) is 0. The fourth-order valence-electron chi connectivity index (χ4n) is 19.6. The highest BCUT2D eigenvalue weighted by Gasteiger charge is 2.47. The van der Waals surface area contributed by atoms with Crippen molar-refractivity contribution in [2.24, 2.45) is 43.3 Å². The molecule has 0 radical (unpaired) electrons. The minimum absolute atomic E-state index is 0.165. The molecule has 650 valence electrons. The Morgan fingerprint density at radius 2 is 0.575 bits per heavy atom. The van der Waals surface area contributed by atoms with Crippen LogP contribution < -0.4 is 26.2 Å². The number of benzene rings is 13. The Hall–Kier alpha value is -10.9. The highest BCUT2D eigenvalue weighted by Crippen LogP contribution is 2.56. The zero-order valence-corrected chi connectivity index (χ0v) is 80.3. The first-order valence-electron chi connectivity index (χ1n) is 53.8. The Bertz CT molecular complexity index is 7090. The van der Waals surface area contributed by atoms with Gasteiger partial charge in [-0.25, -0.2) is 0 Å². The van der Waals surface area contributed by atoms with Gasteiger partial charge in [0, 0.05) is 88.9 Å². The van der Waals surface area contributed by atoms with Crippen LogP contribution in [0.15, 0.2) is 255 Å². The van der Waals surface area contributed by atoms with E-state index in [1.54, 1.807) is 0 Å². The second kappa shape index (κ2) is 32.1. The Labute approximate surface area is 784 Å². The van der Waals surface area contributed by atoms with Crippen LogP contribution >= 0.6 is 0 Å². The monoisotopic (exact) mass is 1690 g/mol. The van der Waals surface area contributed by atoms with Crippen molar-refractivity contribution in [3.05, 3.63) is 305 Å². The van der Waals surface area contributed by atoms with Crippen molar-refractivity contribution in [2.75, 3.05) is 9.80 Å². The average Bonchev–Trinajstić information content (AvgIpc) is 1.25. The van der Waals surface area contributed by atoms with Crippen molar-refractivity contribution in [2.45, 2.75) is 244 Å². The Morgan fingerprint density at radius 3 is 0.874 bits per heavy atom. The molecule has 4 nitrogen and oxygen atoms in total. The number of nitrogens with zero attached hydrogens (tertiary/aromatic N) is 4. The van der Waals surface area contributed by atoms with E-state index in [2.05, 4.69) is 247 Å². The van der Waals surface area contributed by atoms with Crippen molar-refractivity contribution < 1.29 is 21.9 Å². The first-order valence-corrected chi connectivity index (χ1v) is 45.8. The SMILES string of the molecule is [2H]c1c([2H])c([2H])c2c(c1[2H])c1cc(CC(C)(C)C)ccc1n2-c1ccc2c(c1)N(c1c(-c3cccc(C([2H])([2H])C(C)(C)C)c3)cc(CC(C)(C)C)cc1-c1cccc(C([2H])([2H])C(C)(C)C)c1)c1cc(C(C)(C)C)cc3c1B2c1ccc(-n2c4ccc(CC(C)(C)C)cc4c4c([2H])c([2H])c([2H])c([2H])c42)cc1N3c1c(-c2cccc(C([2H])([2H])C(C)(C)C)c2)cc(CC(C)(C)C)cc1-c1cccc(C([2H])([2H])C(C)(C)C)c1. The van der Waals surface area contributed by atoms with Gasteiger partial charge in [0.25, 0.3) is 6.71 Å². The van der Waals surface area contributed by atoms with E-state index in [1.807, 2.05) is 165 Å². The van der Waals surface area contributed by atoms with Crippen molar-refractivity contribution in [3.8, 4) is 55.9 Å². The summed E-state index contributed by atoms with van der Waals surface area (Å²) in [5, 5.41) is 2.05. The third kappa shape index (κ3) is 18.6. The number of para-hydroxylation sites is 2. The Morgan fingerprint density at radius 1 is 0.268 bits per heavy atom. The molecule has 2 aliphatic heterocycles. The maximum absolute atomic E-state index is 10.3. The molecule has 2 aliphatic rings. The van der Waals surface area contributed by atoms with Gasteiger partial charge in [-0.05, 0) is 286 Å². The maximum Gasteiger partial charge on any atom is 0.252 e. The van der Waals surface area contributed by atoms with E-state index in [-0.39, 0.29) is 81.0 Å². The molecule has 0 unspecified atom stereocenters. The van der Waals surface area contributed by atoms with Gasteiger partial charge in [-0.15, -0.1) is 0 Å². The van der Waals surface area contributed by atoms with Crippen LogP contribution in [-0.4, -0.2) is 15.8 Å². The summed E-state index contributed by atoms with van der Waals surface area (Å²) in [5.74, 6) is 0. The molecule has 13 aromatic carbocycles. The summed E-state index contributed by atoms with van der Waals surface area (Å²) in [5.41, 5.74) is 16.7. The topological polar surface area (TPSA) is 16.3 Å². The molecule has 0 atom stereocenters. The largest absolute Gasteiger partial charge is 0.310 e. The van der Waals surface area contributed by atoms with Crippen LogP contribution in [-0.2, 0) is 56.6 Å². The highest BCUT2D eigenvalue weighted by atomic mass is 15.2. The highest BCUT2D eigenvalue weighted by molar-refractivity contribution is 7.00. The lowest BCUT2D eigenvalue weighted by Crippen LogP contribution is -2.61. The zero-order chi connectivity index (χ0) is 105. The van der Waals surface area contributed by atoms with Gasteiger partial charge in [0.2, 0.25) is 0 Å². The van der Waals surface area contributed by atoms with Gasteiger partial charge >= 0.3 is 0 Å². The quantitative estimate of drug-likeness (QED) is 0.0897. The van der Waals surface area contributed by atoms with E-state index in [9.17, 15) is 21.9 Å². The average molecular weight is 1690 g/mol. The lowest BCUT2D eigenvalue weighted by atomic mass is 9.33. The number of hydrogen-bond acceptors (Lipinski definition) is 2. The van der Waals surface area contributed by atoms with Crippen LogP contribution in [0.4, 0.5) is 34.1 Å². The molecule has 0 N–H and O–H groups in total. The summed E-state index contributed by atoms with van der Waals surface area (Å²) in [4.78, 5) is 4.80. The molecular weight excluding hydrogens is 1530 g/mol. The van der Waals surface area contributed by atoms with E-state index in [1.165, 1.54) is 0 Å². The van der Waals surface area contributed by atoms with Gasteiger partial charge in [-0.3, -0.25) is 0 Å². The number of rotatable bonds is 16. The molecule has 0 aliphatic carbocycles. The summed E-state index contributed by atoms with van der Waals surface area (Å²) in [6, 6.07) is 68.5. The van der Waals surface area contributed by atoms with Crippen LogP contribution in [0.5, 0.6) is 0 Å². The molecule has 5 heteroatoms. The van der Waals surface area contributed by atoms with Gasteiger partial charge in [0.05, 0.1) is 44.4 Å². The lowest BCUT2D eigenvalue weighted by molar-refractivity contribution is 0.410. The molecule has 0 spiro atoms. The van der Waals surface area contributed by atoms with Crippen LogP contribution in [0, 0.1) is 43.3 Å². The van der Waals surface area contributed by atoms with E-state index in [0.29, 0.717) is 137 Å². The van der Waals surface area contributed by atoms with Crippen molar-refractivity contribution in [1.29, 1.82) is 0 Å². The molecule has 0 amide bonds. The molecule has 0 bridgehead atoms. The summed E-state index contributed by atoms with van der Waals surface area (Å²) in [6.07, 6.45) is -5.10. The minimum Gasteiger partial charge on any atom is -0.310 e. The molecule has 0 saturated carbocycles. The van der Waals surface area contributed by atoms with Gasteiger partial charge in [0.15, 0.2) is 0 Å². The summed E-state index contributed by atoms with van der Waals surface area (Å²) in [6.45, 7) is 55.4. The van der Waals surface area contributed by atoms with Crippen LogP contribution in [0.3, 0.4) is 0 Å². The zero-order valence-electron chi connectivity index (χ0n) is 96.3. The lowest BCUT2D eigenvalue weighted by Gasteiger charge is -2.46. The van der Waals surface area contributed by atoms with Gasteiger partial charge in [-0.1, -0.05) is 345 Å². The first-order chi connectivity index (χ1) is 65.9. The molecule has 127 heavy (non-hydrogen) atoms. The molecule has 15 aromatic rings. The summed E-state index contributed by atoms with van der Waals surface area (Å²) >= 11 is 0. The van der Waals surface area contributed by atoms with E-state index in [4.69, 9.17) is 0 Å². The fraction of sp³-hybridized carbons (Fsp3) is 0.361. The Balaban J connectivity index is 1.14. The number of fused-ring (bicyclic) bond motifs is 10. The van der Waals surface area contributed by atoms with Gasteiger partial charge in [0.1, 0.15) is 0 Å². The standard InChI is InChI=1S/C122H139BN4/c1-114(2,3)70-78-36-32-40-86(56-78)95-62-84(76-120(19,20)21)63-96(87-41-33-37-79(57-87)71-115(4,5)6)112(95)126-107-68-91(124-103-46-30-28-44-93(103)99-60-82(48-54-105(99)124)74-118(13,14)15)50-52-101(107)123-102-53-51-92(125-104-47-31-29-45-94(104)100-61-83(49-55-106(100)125)75-119(16,17)18)69-108(102)127(110-67-90(122(25,26)27)66-109(126)111(110)123)113-97(88-42-34-38-80(58-88)72-116(7,8)9)64-85(77-121(22,23)24)65-98(113)89-43-35-39-81(59-89)73-117(10,11)12/h28-69H,70-77H2,1-27H3/i28D,29D,30D,31D,44D,45D,46D,47D,70D2,71D2,72D2,73D2. The summed E-state index contributed by atoms with van der Waals surface area (Å²) < 4.78 is 165. The Kier molecular flexibility index (Phi) is 17.7. The second-order valence-electron chi connectivity index (χ2n) is 46.4. The smallest absolute Gasteiger partial charge is 0.252 e. The first kappa shape index (κ1) is 70.1. The third-order valence-electron chi connectivity index (χ3n) is 23.8. The normalized spacial score (nSPS) is 15.9. The van der Waals surface area contributed by atoms with Crippen LogP contribution in [0.25, 0.3) is 99.5 Å². The van der Waals surface area contributed by atoms with E-state index in [0.717, 1.165) is 77.8 Å². The predicted molar refractivity (Wildman–Crippen MR) is 555 cm³/mol. The van der Waals surface area contributed by atoms with Crippen molar-refractivity contribution in [1.82, 2.24) is 9.13 Å². The van der Waals surface area contributed by atoms with Gasteiger partial charge < -0.3 is 18.9 Å². The molecule has 4 heterocycles. The fourth-order valence-corrected chi connectivity index (χ4v) is 19.6. The van der Waals surface area contributed by atoms with E-state index < -0.39 is 59.3 Å². The molecule has 2 aromatic heterocycles.